The van der Waals surface area contributed by atoms with Crippen LogP contribution >= 0.6 is 11.6 Å². The van der Waals surface area contributed by atoms with Crippen LogP contribution < -0.4 is 5.32 Å². The first-order valence-electron chi connectivity index (χ1n) is 10.5. The molecular formula is C25H22ClN3O3. The minimum atomic E-state index is -1.06. The van der Waals surface area contributed by atoms with Crippen LogP contribution in [-0.4, -0.2) is 33.7 Å². The van der Waals surface area contributed by atoms with Crippen LogP contribution in [0.25, 0.3) is 5.69 Å². The molecule has 1 atom stereocenters. The maximum atomic E-state index is 13.4. The van der Waals surface area contributed by atoms with Crippen molar-refractivity contribution < 1.29 is 14.4 Å². The van der Waals surface area contributed by atoms with Crippen LogP contribution in [0.15, 0.2) is 54.6 Å². The van der Waals surface area contributed by atoms with E-state index < -0.39 is 11.6 Å². The first-order chi connectivity index (χ1) is 15.3. The lowest BCUT2D eigenvalue weighted by Crippen LogP contribution is -2.42. The van der Waals surface area contributed by atoms with Crippen LogP contribution in [0.3, 0.4) is 0 Å². The summed E-state index contributed by atoms with van der Waals surface area (Å²) in [5.74, 6) is -0.627. The van der Waals surface area contributed by atoms with Gasteiger partial charge in [-0.1, -0.05) is 35.9 Å². The van der Waals surface area contributed by atoms with Crippen molar-refractivity contribution >= 4 is 29.3 Å². The maximum absolute atomic E-state index is 13.4. The first-order valence-corrected chi connectivity index (χ1v) is 10.9. The summed E-state index contributed by atoms with van der Waals surface area (Å²) in [7, 11) is 0. The number of urea groups is 1. The standard InChI is InChI=1S/C25H22ClN3O3/c1-15-13-20(16(2)29(15)19-9-7-18(26)8-10-19)22(30)14-28-23(31)25(27-24(28)32)12-11-17-5-3-4-6-21(17)25/h3-10,13H,11-12,14H2,1-2H3,(H,27,32)/t25-/m1/s1. The van der Waals surface area contributed by atoms with Crippen LogP contribution in [0.1, 0.15) is 39.3 Å². The Balaban J connectivity index is 1.43. The van der Waals surface area contributed by atoms with E-state index in [0.29, 0.717) is 23.4 Å². The molecule has 162 valence electrons. The molecule has 2 aliphatic rings. The van der Waals surface area contributed by atoms with Gasteiger partial charge in [-0.3, -0.25) is 14.5 Å². The second kappa shape index (κ2) is 7.35. The molecule has 1 N–H and O–H groups in total. The van der Waals surface area contributed by atoms with Crippen molar-refractivity contribution in [2.45, 2.75) is 32.2 Å². The van der Waals surface area contributed by atoms with Crippen molar-refractivity contribution in [3.8, 4) is 5.69 Å². The highest BCUT2D eigenvalue weighted by molar-refractivity contribution is 6.30. The molecule has 0 unspecified atom stereocenters. The summed E-state index contributed by atoms with van der Waals surface area (Å²) in [6.07, 6.45) is 1.22. The Bertz CT molecular complexity index is 1280. The van der Waals surface area contributed by atoms with E-state index in [9.17, 15) is 14.4 Å². The van der Waals surface area contributed by atoms with E-state index in [4.69, 9.17) is 11.6 Å². The number of fused-ring (bicyclic) bond motifs is 2. The van der Waals surface area contributed by atoms with E-state index in [2.05, 4.69) is 5.32 Å². The molecule has 5 rings (SSSR count). The molecule has 1 aliphatic carbocycles. The Morgan fingerprint density at radius 2 is 1.81 bits per heavy atom. The van der Waals surface area contributed by atoms with Crippen LogP contribution in [0, 0.1) is 13.8 Å². The first kappa shape index (κ1) is 20.5. The number of hydrogen-bond acceptors (Lipinski definition) is 3. The van der Waals surface area contributed by atoms with Gasteiger partial charge in [0.2, 0.25) is 0 Å². The monoisotopic (exact) mass is 447 g/mol. The number of ketones is 1. The van der Waals surface area contributed by atoms with Gasteiger partial charge in [0.25, 0.3) is 5.91 Å². The SMILES string of the molecule is Cc1cc(C(=O)CN2C(=O)N[C@@]3(CCc4ccccc43)C2=O)c(C)n1-c1ccc(Cl)cc1. The van der Waals surface area contributed by atoms with Crippen LogP contribution in [-0.2, 0) is 16.8 Å². The molecule has 1 aliphatic heterocycles. The molecule has 1 fully saturated rings. The lowest BCUT2D eigenvalue weighted by molar-refractivity contribution is -0.131. The van der Waals surface area contributed by atoms with Crippen LogP contribution in [0.2, 0.25) is 5.02 Å². The Morgan fingerprint density at radius 3 is 2.56 bits per heavy atom. The highest BCUT2D eigenvalue weighted by atomic mass is 35.5. The molecule has 7 heteroatoms. The van der Waals surface area contributed by atoms with Crippen LogP contribution in [0.4, 0.5) is 4.79 Å². The molecule has 2 aromatic carbocycles. The number of carbonyl (C=O) groups is 3. The van der Waals surface area contributed by atoms with Crippen molar-refractivity contribution in [3.63, 3.8) is 0 Å². The fourth-order valence-electron chi connectivity index (χ4n) is 4.99. The van der Waals surface area contributed by atoms with Gasteiger partial charge in [0, 0.05) is 27.7 Å². The Hall–Kier alpha value is -3.38. The average Bonchev–Trinajstić information content (AvgIpc) is 3.37. The van der Waals surface area contributed by atoms with E-state index >= 15 is 0 Å². The number of imide groups is 1. The summed E-state index contributed by atoms with van der Waals surface area (Å²) in [5, 5.41) is 3.50. The number of aryl methyl sites for hydroxylation is 2. The van der Waals surface area contributed by atoms with E-state index in [0.717, 1.165) is 33.1 Å². The number of aromatic nitrogens is 1. The van der Waals surface area contributed by atoms with Gasteiger partial charge in [-0.05, 0) is 68.1 Å². The third-order valence-electron chi connectivity index (χ3n) is 6.54. The van der Waals surface area contributed by atoms with Crippen LogP contribution in [0.5, 0.6) is 0 Å². The quantitative estimate of drug-likeness (QED) is 0.478. The van der Waals surface area contributed by atoms with Crippen molar-refractivity contribution in [3.05, 3.63) is 87.7 Å². The zero-order chi connectivity index (χ0) is 22.6. The van der Waals surface area contributed by atoms with Gasteiger partial charge in [-0.15, -0.1) is 0 Å². The van der Waals surface area contributed by atoms with E-state index in [-0.39, 0.29) is 18.2 Å². The van der Waals surface area contributed by atoms with E-state index in [1.165, 1.54) is 0 Å². The summed E-state index contributed by atoms with van der Waals surface area (Å²) in [5.41, 5.74) is 3.84. The number of halogens is 1. The second-order valence-corrected chi connectivity index (χ2v) is 8.84. The second-order valence-electron chi connectivity index (χ2n) is 8.40. The summed E-state index contributed by atoms with van der Waals surface area (Å²) in [6, 6.07) is 16.3. The molecule has 32 heavy (non-hydrogen) atoms. The fraction of sp³-hybridized carbons (Fsp3) is 0.240. The average molecular weight is 448 g/mol. The summed E-state index contributed by atoms with van der Waals surface area (Å²) < 4.78 is 1.96. The number of nitrogens with one attached hydrogen (secondary N) is 1. The van der Waals surface area contributed by atoms with Gasteiger partial charge in [0.1, 0.15) is 5.54 Å². The fourth-order valence-corrected chi connectivity index (χ4v) is 5.12. The third-order valence-corrected chi connectivity index (χ3v) is 6.79. The molecule has 3 amide bonds. The molecule has 1 spiro atoms. The zero-order valence-electron chi connectivity index (χ0n) is 17.8. The van der Waals surface area contributed by atoms with Gasteiger partial charge in [0.15, 0.2) is 5.78 Å². The molecule has 0 radical (unpaired) electrons. The predicted octanol–water partition coefficient (Wildman–Crippen LogP) is 4.32. The van der Waals surface area contributed by atoms with Crippen molar-refractivity contribution in [2.75, 3.05) is 6.54 Å². The topological polar surface area (TPSA) is 71.4 Å². The lowest BCUT2D eigenvalue weighted by Gasteiger charge is -2.22. The number of Topliss-reactive ketones (excluding diaryl/α,β-unsaturated/α-hetero) is 1. The normalized spacial score (nSPS) is 19.5. The number of rotatable bonds is 4. The van der Waals surface area contributed by atoms with E-state index in [1.54, 1.807) is 18.2 Å². The van der Waals surface area contributed by atoms with Crippen molar-refractivity contribution in [1.82, 2.24) is 14.8 Å². The smallest absolute Gasteiger partial charge is 0.319 e. The predicted molar refractivity (Wildman–Crippen MR) is 121 cm³/mol. The molecule has 2 heterocycles. The largest absolute Gasteiger partial charge is 0.325 e. The third kappa shape index (κ3) is 2.98. The Morgan fingerprint density at radius 1 is 1.09 bits per heavy atom. The van der Waals surface area contributed by atoms with Gasteiger partial charge < -0.3 is 9.88 Å². The lowest BCUT2D eigenvalue weighted by atomic mass is 9.92. The maximum Gasteiger partial charge on any atom is 0.325 e. The number of nitrogens with zero attached hydrogens (tertiary/aromatic N) is 2. The molecular weight excluding hydrogens is 426 g/mol. The summed E-state index contributed by atoms with van der Waals surface area (Å²) >= 11 is 6.00. The number of benzene rings is 2. The number of carbonyl (C=O) groups excluding carboxylic acids is 3. The molecule has 0 bridgehead atoms. The number of hydrogen-bond donors (Lipinski definition) is 1. The number of amides is 3. The Kier molecular flexibility index (Phi) is 4.71. The highest BCUT2D eigenvalue weighted by Gasteiger charge is 2.55. The zero-order valence-corrected chi connectivity index (χ0v) is 18.6. The molecule has 3 aromatic rings. The molecule has 1 saturated heterocycles. The molecule has 1 aromatic heterocycles. The minimum absolute atomic E-state index is 0.273. The highest BCUT2D eigenvalue weighted by Crippen LogP contribution is 2.41. The minimum Gasteiger partial charge on any atom is -0.319 e. The van der Waals surface area contributed by atoms with Gasteiger partial charge >= 0.3 is 6.03 Å². The molecule has 0 saturated carbocycles. The van der Waals surface area contributed by atoms with Gasteiger partial charge in [-0.25, -0.2) is 4.79 Å². The Labute approximate surface area is 190 Å². The van der Waals surface area contributed by atoms with Crippen molar-refractivity contribution in [2.24, 2.45) is 0 Å². The van der Waals surface area contributed by atoms with Gasteiger partial charge in [0.05, 0.1) is 6.54 Å². The van der Waals surface area contributed by atoms with E-state index in [1.807, 2.05) is 54.8 Å². The van der Waals surface area contributed by atoms with Gasteiger partial charge in [-0.2, -0.15) is 0 Å². The summed E-state index contributed by atoms with van der Waals surface area (Å²) in [6.45, 7) is 3.48. The molecule has 6 nitrogen and oxygen atoms in total. The summed E-state index contributed by atoms with van der Waals surface area (Å²) in [4.78, 5) is 40.4. The van der Waals surface area contributed by atoms with Crippen molar-refractivity contribution in [1.29, 1.82) is 0 Å².